The third-order valence-electron chi connectivity index (χ3n) is 2.61. The van der Waals surface area contributed by atoms with Crippen molar-refractivity contribution in [3.63, 3.8) is 0 Å². The van der Waals surface area contributed by atoms with Crippen molar-refractivity contribution < 1.29 is 9.53 Å². The van der Waals surface area contributed by atoms with Gasteiger partial charge in [0.2, 0.25) is 0 Å². The Labute approximate surface area is 104 Å². The van der Waals surface area contributed by atoms with Crippen molar-refractivity contribution in [2.75, 3.05) is 18.2 Å². The van der Waals surface area contributed by atoms with Gasteiger partial charge in [-0.15, -0.1) is 0 Å². The number of rotatable bonds is 3. The summed E-state index contributed by atoms with van der Waals surface area (Å²) in [4.78, 5) is 12.0. The molecule has 4 N–H and O–H groups in total. The normalized spacial score (nSPS) is 10.1. The van der Waals surface area contributed by atoms with Gasteiger partial charge in [-0.05, 0) is 18.6 Å². The number of anilines is 2. The number of carbonyl (C=O) groups is 1. The summed E-state index contributed by atoms with van der Waals surface area (Å²) in [5, 5.41) is 8.99. The Kier molecular flexibility index (Phi) is 3.18. The topological polar surface area (TPSA) is 93.0 Å². The van der Waals surface area contributed by atoms with Crippen LogP contribution in [0.2, 0.25) is 0 Å². The van der Waals surface area contributed by atoms with Crippen molar-refractivity contribution in [1.29, 1.82) is 0 Å². The number of carbonyl (C=O) groups excluding carboxylic acids is 1. The molecule has 0 spiro atoms. The molecule has 0 saturated heterocycles. The summed E-state index contributed by atoms with van der Waals surface area (Å²) in [7, 11) is 1.57. The number of hydrogen-bond donors (Lipinski definition) is 3. The molecule has 18 heavy (non-hydrogen) atoms. The summed E-state index contributed by atoms with van der Waals surface area (Å²) in [6.07, 6.45) is 1.39. The lowest BCUT2D eigenvalue weighted by Gasteiger charge is -2.09. The average molecular weight is 246 g/mol. The maximum absolute atomic E-state index is 12.0. The van der Waals surface area contributed by atoms with Crippen LogP contribution >= 0.6 is 0 Å². The highest BCUT2D eigenvalue weighted by Crippen LogP contribution is 2.22. The fourth-order valence-electron chi connectivity index (χ4n) is 1.53. The third-order valence-corrected chi connectivity index (χ3v) is 2.61. The predicted octanol–water partition coefficient (Wildman–Crippen LogP) is 1.56. The lowest BCUT2D eigenvalue weighted by molar-refractivity contribution is 0.102. The SMILES string of the molecule is COc1ccc(C)c(NC(=O)c2cn[nH]c2N)c1. The molecular formula is C12H14N4O2. The molecular weight excluding hydrogens is 232 g/mol. The number of amides is 1. The van der Waals surface area contributed by atoms with Crippen molar-refractivity contribution in [1.82, 2.24) is 10.2 Å². The van der Waals surface area contributed by atoms with E-state index >= 15 is 0 Å². The minimum atomic E-state index is -0.308. The zero-order chi connectivity index (χ0) is 13.1. The molecule has 2 aromatic rings. The van der Waals surface area contributed by atoms with Crippen LogP contribution in [0.5, 0.6) is 5.75 Å². The smallest absolute Gasteiger partial charge is 0.261 e. The minimum absolute atomic E-state index is 0.244. The summed E-state index contributed by atoms with van der Waals surface area (Å²) >= 11 is 0. The molecule has 1 heterocycles. The van der Waals surface area contributed by atoms with Crippen LogP contribution in [0.4, 0.5) is 11.5 Å². The van der Waals surface area contributed by atoms with Crippen LogP contribution in [0, 0.1) is 6.92 Å². The number of nitrogens with one attached hydrogen (secondary N) is 2. The number of aryl methyl sites for hydroxylation is 1. The molecule has 0 unspecified atom stereocenters. The zero-order valence-corrected chi connectivity index (χ0v) is 10.2. The number of nitrogens with two attached hydrogens (primary N) is 1. The van der Waals surface area contributed by atoms with Crippen LogP contribution in [0.3, 0.4) is 0 Å². The van der Waals surface area contributed by atoms with Gasteiger partial charge in [-0.3, -0.25) is 9.89 Å². The van der Waals surface area contributed by atoms with E-state index in [1.54, 1.807) is 13.2 Å². The number of benzene rings is 1. The Morgan fingerprint density at radius 3 is 2.89 bits per heavy atom. The largest absolute Gasteiger partial charge is 0.497 e. The maximum Gasteiger partial charge on any atom is 0.261 e. The van der Waals surface area contributed by atoms with Gasteiger partial charge in [0.1, 0.15) is 17.1 Å². The van der Waals surface area contributed by atoms with Gasteiger partial charge >= 0.3 is 0 Å². The quantitative estimate of drug-likeness (QED) is 0.766. The number of nitrogens with zero attached hydrogens (tertiary/aromatic N) is 1. The van der Waals surface area contributed by atoms with E-state index in [2.05, 4.69) is 15.5 Å². The van der Waals surface area contributed by atoms with Crippen LogP contribution < -0.4 is 15.8 Å². The molecule has 0 atom stereocenters. The highest BCUT2D eigenvalue weighted by Gasteiger charge is 2.13. The van der Waals surface area contributed by atoms with Gasteiger partial charge in [0.15, 0.2) is 0 Å². The number of ether oxygens (including phenoxy) is 1. The molecule has 0 aliphatic rings. The van der Waals surface area contributed by atoms with Gasteiger partial charge in [-0.25, -0.2) is 0 Å². The van der Waals surface area contributed by atoms with Crippen molar-refractivity contribution >= 4 is 17.4 Å². The van der Waals surface area contributed by atoms with Crippen molar-refractivity contribution in [3.05, 3.63) is 35.5 Å². The molecule has 0 aliphatic carbocycles. The summed E-state index contributed by atoms with van der Waals surface area (Å²) in [5.41, 5.74) is 7.52. The first-order valence-electron chi connectivity index (χ1n) is 5.36. The minimum Gasteiger partial charge on any atom is -0.497 e. The summed E-state index contributed by atoms with van der Waals surface area (Å²) in [6, 6.07) is 5.45. The van der Waals surface area contributed by atoms with Crippen molar-refractivity contribution in [3.8, 4) is 5.75 Å². The fourth-order valence-corrected chi connectivity index (χ4v) is 1.53. The fraction of sp³-hybridized carbons (Fsp3) is 0.167. The van der Waals surface area contributed by atoms with E-state index < -0.39 is 0 Å². The Hall–Kier alpha value is -2.50. The molecule has 0 saturated carbocycles. The molecule has 6 nitrogen and oxygen atoms in total. The van der Waals surface area contributed by atoms with E-state index in [1.807, 2.05) is 19.1 Å². The number of methoxy groups -OCH3 is 1. The standard InChI is InChI=1S/C12H14N4O2/c1-7-3-4-8(18-2)5-10(7)15-12(17)9-6-14-16-11(9)13/h3-6H,1-2H3,(H,15,17)(H3,13,14,16). The van der Waals surface area contributed by atoms with Crippen molar-refractivity contribution in [2.24, 2.45) is 0 Å². The number of nitrogen functional groups attached to an aromatic ring is 1. The summed E-state index contributed by atoms with van der Waals surface area (Å²) in [6.45, 7) is 1.90. The molecule has 1 aromatic heterocycles. The molecule has 0 bridgehead atoms. The molecule has 0 fully saturated rings. The van der Waals surface area contributed by atoms with Gasteiger partial charge in [-0.1, -0.05) is 6.07 Å². The van der Waals surface area contributed by atoms with E-state index in [9.17, 15) is 4.79 Å². The van der Waals surface area contributed by atoms with E-state index in [0.717, 1.165) is 5.56 Å². The van der Waals surface area contributed by atoms with Crippen LogP contribution in [0.15, 0.2) is 24.4 Å². The Bertz CT molecular complexity index is 577. The molecule has 94 valence electrons. The molecule has 1 amide bonds. The summed E-state index contributed by atoms with van der Waals surface area (Å²) < 4.78 is 5.11. The Morgan fingerprint density at radius 1 is 1.50 bits per heavy atom. The first-order chi connectivity index (χ1) is 8.61. The van der Waals surface area contributed by atoms with E-state index in [4.69, 9.17) is 10.5 Å². The molecule has 6 heteroatoms. The van der Waals surface area contributed by atoms with E-state index in [-0.39, 0.29) is 11.7 Å². The van der Waals surface area contributed by atoms with Gasteiger partial charge < -0.3 is 15.8 Å². The molecule has 2 rings (SSSR count). The monoisotopic (exact) mass is 246 g/mol. The second kappa shape index (κ2) is 4.79. The molecule has 0 aliphatic heterocycles. The lowest BCUT2D eigenvalue weighted by atomic mass is 10.2. The van der Waals surface area contributed by atoms with E-state index in [1.165, 1.54) is 6.20 Å². The second-order valence-corrected chi connectivity index (χ2v) is 3.83. The first kappa shape index (κ1) is 12.0. The highest BCUT2D eigenvalue weighted by atomic mass is 16.5. The molecule has 0 radical (unpaired) electrons. The second-order valence-electron chi connectivity index (χ2n) is 3.83. The number of aromatic nitrogens is 2. The average Bonchev–Trinajstić information content (AvgIpc) is 2.78. The summed E-state index contributed by atoms with van der Waals surface area (Å²) in [5.74, 6) is 0.613. The van der Waals surface area contributed by atoms with Gasteiger partial charge in [0.05, 0.1) is 13.3 Å². The first-order valence-corrected chi connectivity index (χ1v) is 5.36. The van der Waals surface area contributed by atoms with E-state index in [0.29, 0.717) is 17.0 Å². The number of H-pyrrole nitrogens is 1. The molecule has 1 aromatic carbocycles. The zero-order valence-electron chi connectivity index (χ0n) is 10.2. The lowest BCUT2D eigenvalue weighted by Crippen LogP contribution is -2.13. The predicted molar refractivity (Wildman–Crippen MR) is 68.7 cm³/mol. The number of aromatic amines is 1. The van der Waals surface area contributed by atoms with Gasteiger partial charge in [-0.2, -0.15) is 5.10 Å². The maximum atomic E-state index is 12.0. The number of hydrogen-bond acceptors (Lipinski definition) is 4. The van der Waals surface area contributed by atoms with Crippen LogP contribution in [0.1, 0.15) is 15.9 Å². The Morgan fingerprint density at radius 2 is 2.28 bits per heavy atom. The van der Waals surface area contributed by atoms with Gasteiger partial charge in [0.25, 0.3) is 5.91 Å². The van der Waals surface area contributed by atoms with Crippen LogP contribution in [0.25, 0.3) is 0 Å². The highest BCUT2D eigenvalue weighted by molar-refractivity contribution is 6.07. The Balaban J connectivity index is 2.24. The third kappa shape index (κ3) is 2.27. The van der Waals surface area contributed by atoms with Crippen LogP contribution in [-0.2, 0) is 0 Å². The van der Waals surface area contributed by atoms with Gasteiger partial charge in [0, 0.05) is 11.8 Å². The van der Waals surface area contributed by atoms with Crippen molar-refractivity contribution in [2.45, 2.75) is 6.92 Å². The van der Waals surface area contributed by atoms with Crippen LogP contribution in [-0.4, -0.2) is 23.2 Å².